The largest absolute Gasteiger partial charge is 0.489 e. The number of rotatable bonds is 9. The van der Waals surface area contributed by atoms with Crippen LogP contribution in [0, 0.1) is 5.92 Å². The van der Waals surface area contributed by atoms with Crippen molar-refractivity contribution in [3.63, 3.8) is 0 Å². The van der Waals surface area contributed by atoms with Gasteiger partial charge in [-0.2, -0.15) is 0 Å². The van der Waals surface area contributed by atoms with E-state index in [0.717, 1.165) is 12.5 Å². The third-order valence-electron chi connectivity index (χ3n) is 3.31. The maximum Gasteiger partial charge on any atom is 0.138 e. The zero-order valence-corrected chi connectivity index (χ0v) is 11.9. The molecular formula is C15H22ClNO2. The monoisotopic (exact) mass is 283 g/mol. The highest BCUT2D eigenvalue weighted by molar-refractivity contribution is 6.32. The van der Waals surface area contributed by atoms with Crippen molar-refractivity contribution in [2.24, 2.45) is 5.92 Å². The molecule has 1 aromatic carbocycles. The van der Waals surface area contributed by atoms with Crippen molar-refractivity contribution >= 4 is 11.6 Å². The molecule has 1 aliphatic carbocycles. The van der Waals surface area contributed by atoms with Gasteiger partial charge in [0.25, 0.3) is 0 Å². The van der Waals surface area contributed by atoms with Crippen molar-refractivity contribution in [2.75, 3.05) is 19.7 Å². The van der Waals surface area contributed by atoms with Gasteiger partial charge in [-0.25, -0.2) is 0 Å². The second-order valence-corrected chi connectivity index (χ2v) is 5.59. The lowest BCUT2D eigenvalue weighted by atomic mass is 10.2. The summed E-state index contributed by atoms with van der Waals surface area (Å²) >= 11 is 5.97. The number of nitrogens with one attached hydrogen (secondary N) is 1. The fourth-order valence-corrected chi connectivity index (χ4v) is 2.19. The lowest BCUT2D eigenvalue weighted by molar-refractivity contribution is 0.106. The summed E-state index contributed by atoms with van der Waals surface area (Å²) < 4.78 is 5.48. The summed E-state index contributed by atoms with van der Waals surface area (Å²) in [4.78, 5) is 0. The van der Waals surface area contributed by atoms with E-state index in [-0.39, 0.29) is 6.61 Å². The quantitative estimate of drug-likeness (QED) is 0.685. The molecule has 0 aromatic heterocycles. The topological polar surface area (TPSA) is 41.5 Å². The standard InChI is InChI=1S/C15H22ClNO2/c16-14-5-1-2-6-15(14)19-11-13(18)10-17-9-3-4-12-7-8-12/h1-2,5-6,12-13,17-18H,3-4,7-11H2. The maximum absolute atomic E-state index is 9.79. The number of aliphatic hydroxyl groups excluding tert-OH is 1. The van der Waals surface area contributed by atoms with Crippen molar-refractivity contribution in [3.05, 3.63) is 29.3 Å². The highest BCUT2D eigenvalue weighted by Gasteiger charge is 2.19. The Kier molecular flexibility index (Phi) is 5.95. The van der Waals surface area contributed by atoms with Crippen molar-refractivity contribution < 1.29 is 9.84 Å². The van der Waals surface area contributed by atoms with E-state index >= 15 is 0 Å². The normalized spacial score (nSPS) is 16.3. The van der Waals surface area contributed by atoms with Crippen LogP contribution in [0.15, 0.2) is 24.3 Å². The molecule has 4 heteroatoms. The van der Waals surface area contributed by atoms with Crippen LogP contribution in [0.5, 0.6) is 5.75 Å². The van der Waals surface area contributed by atoms with Gasteiger partial charge in [0, 0.05) is 6.54 Å². The van der Waals surface area contributed by atoms with Crippen LogP contribution in [-0.4, -0.2) is 30.9 Å². The molecule has 3 nitrogen and oxygen atoms in total. The van der Waals surface area contributed by atoms with Gasteiger partial charge in [-0.3, -0.25) is 0 Å². The van der Waals surface area contributed by atoms with Crippen molar-refractivity contribution in [3.8, 4) is 5.75 Å². The van der Waals surface area contributed by atoms with Crippen LogP contribution in [0.4, 0.5) is 0 Å². The number of benzene rings is 1. The minimum atomic E-state index is -0.503. The second kappa shape index (κ2) is 7.73. The van der Waals surface area contributed by atoms with Crippen LogP contribution in [0.3, 0.4) is 0 Å². The molecule has 1 aliphatic rings. The molecule has 0 aliphatic heterocycles. The van der Waals surface area contributed by atoms with Crippen molar-refractivity contribution in [2.45, 2.75) is 31.8 Å². The summed E-state index contributed by atoms with van der Waals surface area (Å²) in [6.45, 7) is 1.80. The van der Waals surface area contributed by atoms with Gasteiger partial charge in [-0.1, -0.05) is 36.6 Å². The smallest absolute Gasteiger partial charge is 0.138 e. The Morgan fingerprint density at radius 2 is 2.16 bits per heavy atom. The molecule has 0 spiro atoms. The second-order valence-electron chi connectivity index (χ2n) is 5.18. The molecule has 0 saturated heterocycles. The number of halogens is 1. The Morgan fingerprint density at radius 1 is 1.37 bits per heavy atom. The minimum absolute atomic E-state index is 0.263. The van der Waals surface area contributed by atoms with Gasteiger partial charge in [-0.15, -0.1) is 0 Å². The van der Waals surface area contributed by atoms with Crippen molar-refractivity contribution in [1.29, 1.82) is 0 Å². The first-order chi connectivity index (χ1) is 9.25. The first-order valence-corrected chi connectivity index (χ1v) is 7.39. The summed E-state index contributed by atoms with van der Waals surface area (Å²) in [6.07, 6.45) is 4.84. The van der Waals surface area contributed by atoms with E-state index in [1.54, 1.807) is 12.1 Å². The van der Waals surface area contributed by atoms with E-state index in [2.05, 4.69) is 5.32 Å². The van der Waals surface area contributed by atoms with Crippen molar-refractivity contribution in [1.82, 2.24) is 5.32 Å². The maximum atomic E-state index is 9.79. The number of aliphatic hydroxyl groups is 1. The third-order valence-corrected chi connectivity index (χ3v) is 3.62. The van der Waals surface area contributed by atoms with Gasteiger partial charge in [0.15, 0.2) is 0 Å². The van der Waals surface area contributed by atoms with Crippen LogP contribution in [0.2, 0.25) is 5.02 Å². The number of ether oxygens (including phenoxy) is 1. The third kappa shape index (κ3) is 5.81. The van der Waals surface area contributed by atoms with Gasteiger partial charge >= 0.3 is 0 Å². The van der Waals surface area contributed by atoms with Gasteiger partial charge in [-0.05, 0) is 37.4 Å². The molecule has 2 N–H and O–H groups in total. The predicted molar refractivity (Wildman–Crippen MR) is 77.8 cm³/mol. The van der Waals surface area contributed by atoms with Crippen LogP contribution >= 0.6 is 11.6 Å². The Balaban J connectivity index is 1.53. The Hall–Kier alpha value is -0.770. The van der Waals surface area contributed by atoms with E-state index < -0.39 is 6.10 Å². The summed E-state index contributed by atoms with van der Waals surface area (Å²) in [5.41, 5.74) is 0. The van der Waals surface area contributed by atoms with Crippen LogP contribution < -0.4 is 10.1 Å². The van der Waals surface area contributed by atoms with E-state index in [1.807, 2.05) is 12.1 Å². The first kappa shape index (κ1) is 14.6. The lowest BCUT2D eigenvalue weighted by Crippen LogP contribution is -2.32. The predicted octanol–water partition coefficient (Wildman–Crippen LogP) is 2.86. The van der Waals surface area contributed by atoms with Crippen LogP contribution in [0.25, 0.3) is 0 Å². The average molecular weight is 284 g/mol. The highest BCUT2D eigenvalue weighted by Crippen LogP contribution is 2.33. The summed E-state index contributed by atoms with van der Waals surface area (Å²) in [7, 11) is 0. The van der Waals surface area contributed by atoms with E-state index in [4.69, 9.17) is 16.3 Å². The fourth-order valence-electron chi connectivity index (χ4n) is 2.00. The van der Waals surface area contributed by atoms with Crippen LogP contribution in [0.1, 0.15) is 25.7 Å². The molecule has 1 fully saturated rings. The summed E-state index contributed by atoms with van der Waals surface area (Å²) in [5, 5.41) is 13.6. The number of hydrogen-bond acceptors (Lipinski definition) is 3. The molecule has 19 heavy (non-hydrogen) atoms. The van der Waals surface area contributed by atoms with E-state index in [9.17, 15) is 5.11 Å². The molecule has 0 amide bonds. The Bertz CT molecular complexity index is 382. The molecule has 0 radical (unpaired) electrons. The minimum Gasteiger partial charge on any atom is -0.489 e. The molecule has 0 bridgehead atoms. The number of para-hydroxylation sites is 1. The molecule has 1 atom stereocenters. The molecule has 0 heterocycles. The SMILES string of the molecule is OC(CNCCCC1CC1)COc1ccccc1Cl. The molecule has 1 unspecified atom stereocenters. The van der Waals surface area contributed by atoms with E-state index in [1.165, 1.54) is 25.7 Å². The highest BCUT2D eigenvalue weighted by atomic mass is 35.5. The van der Waals surface area contributed by atoms with Gasteiger partial charge in [0.2, 0.25) is 0 Å². The van der Waals surface area contributed by atoms with Gasteiger partial charge < -0.3 is 15.2 Å². The zero-order valence-electron chi connectivity index (χ0n) is 11.1. The molecular weight excluding hydrogens is 262 g/mol. The molecule has 106 valence electrons. The van der Waals surface area contributed by atoms with E-state index in [0.29, 0.717) is 17.3 Å². The van der Waals surface area contributed by atoms with Gasteiger partial charge in [0.05, 0.1) is 5.02 Å². The molecule has 1 aromatic rings. The lowest BCUT2D eigenvalue weighted by Gasteiger charge is -2.14. The average Bonchev–Trinajstić information content (AvgIpc) is 3.21. The first-order valence-electron chi connectivity index (χ1n) is 7.02. The summed E-state index contributed by atoms with van der Waals surface area (Å²) in [5.74, 6) is 1.60. The molecule has 2 rings (SSSR count). The summed E-state index contributed by atoms with van der Waals surface area (Å²) in [6, 6.07) is 7.30. The van der Waals surface area contributed by atoms with Crippen LogP contribution in [-0.2, 0) is 0 Å². The molecule has 1 saturated carbocycles. The fraction of sp³-hybridized carbons (Fsp3) is 0.600. The zero-order chi connectivity index (χ0) is 13.5. The van der Waals surface area contributed by atoms with Gasteiger partial charge in [0.1, 0.15) is 18.5 Å². The number of hydrogen-bond donors (Lipinski definition) is 2. The Labute approximate surface area is 119 Å². The Morgan fingerprint density at radius 3 is 2.89 bits per heavy atom.